The van der Waals surface area contributed by atoms with Gasteiger partial charge in [0.05, 0.1) is 5.56 Å². The third kappa shape index (κ3) is 4.28. The fraction of sp³-hybridized carbons (Fsp3) is 0.350. The quantitative estimate of drug-likeness (QED) is 0.739. The molecule has 0 aliphatic carbocycles. The van der Waals surface area contributed by atoms with Gasteiger partial charge in [0, 0.05) is 36.9 Å². The summed E-state index contributed by atoms with van der Waals surface area (Å²) < 4.78 is 40.6. The molecule has 3 rings (SSSR count). The van der Waals surface area contributed by atoms with Gasteiger partial charge in [-0.2, -0.15) is 13.2 Å². The molecule has 0 radical (unpaired) electrons. The Bertz CT molecular complexity index is 753. The van der Waals surface area contributed by atoms with E-state index in [0.29, 0.717) is 17.8 Å². The molecular weight excluding hydrogens is 325 g/mol. The molecule has 0 N–H and O–H groups in total. The molecule has 2 heterocycles. The van der Waals surface area contributed by atoms with E-state index < -0.39 is 17.7 Å². The zero-order valence-electron chi connectivity index (χ0n) is 14.1. The minimum absolute atomic E-state index is 0.294. The summed E-state index contributed by atoms with van der Waals surface area (Å²) in [5.74, 6) is -0.413. The van der Waals surface area contributed by atoms with Crippen molar-refractivity contribution in [1.29, 1.82) is 0 Å². The van der Waals surface area contributed by atoms with Gasteiger partial charge in [-0.25, -0.2) is 0 Å². The third-order valence-corrected chi connectivity index (χ3v) is 4.49. The number of aryl methyl sites for hydroxylation is 1. The van der Waals surface area contributed by atoms with Crippen LogP contribution >= 0.6 is 0 Å². The number of alkyl halides is 3. The van der Waals surface area contributed by atoms with Gasteiger partial charge < -0.3 is 0 Å². The van der Waals surface area contributed by atoms with Crippen molar-refractivity contribution in [1.82, 2.24) is 9.88 Å². The summed E-state index contributed by atoms with van der Waals surface area (Å²) in [4.78, 5) is 6.71. The molecule has 25 heavy (non-hydrogen) atoms. The Balaban J connectivity index is 2.04. The molecule has 132 valence electrons. The molecule has 0 spiro atoms. The minimum atomic E-state index is -4.37. The maximum absolute atomic E-state index is 13.5. The van der Waals surface area contributed by atoms with Crippen molar-refractivity contribution in [3.63, 3.8) is 0 Å². The molecule has 1 aromatic carbocycles. The number of benzene rings is 1. The van der Waals surface area contributed by atoms with Crippen molar-refractivity contribution in [2.45, 2.75) is 25.4 Å². The fourth-order valence-electron chi connectivity index (χ4n) is 3.28. The van der Waals surface area contributed by atoms with Crippen molar-refractivity contribution < 1.29 is 13.2 Å². The average molecular weight is 346 g/mol. The van der Waals surface area contributed by atoms with Crippen LogP contribution in [0.5, 0.6) is 0 Å². The summed E-state index contributed by atoms with van der Waals surface area (Å²) in [6.45, 7) is 4.00. The van der Waals surface area contributed by atoms with E-state index >= 15 is 0 Å². The topological polar surface area (TPSA) is 16.1 Å². The summed E-state index contributed by atoms with van der Waals surface area (Å²) >= 11 is 0. The summed E-state index contributed by atoms with van der Waals surface area (Å²) in [5, 5.41) is 0. The number of hydrogen-bond acceptors (Lipinski definition) is 2. The monoisotopic (exact) mass is 346 g/mol. The summed E-state index contributed by atoms with van der Waals surface area (Å²) in [6.07, 6.45) is 0.731. The predicted molar refractivity (Wildman–Crippen MR) is 92.5 cm³/mol. The zero-order valence-corrected chi connectivity index (χ0v) is 14.1. The van der Waals surface area contributed by atoms with Crippen LogP contribution in [0.1, 0.15) is 34.9 Å². The van der Waals surface area contributed by atoms with Gasteiger partial charge >= 0.3 is 6.18 Å². The van der Waals surface area contributed by atoms with Crippen LogP contribution in [0.25, 0.3) is 0 Å². The Morgan fingerprint density at radius 3 is 2.56 bits per heavy atom. The van der Waals surface area contributed by atoms with Gasteiger partial charge in [0.15, 0.2) is 0 Å². The number of pyridine rings is 1. The first-order chi connectivity index (χ1) is 11.9. The van der Waals surface area contributed by atoms with Crippen molar-refractivity contribution in [2.75, 3.05) is 19.6 Å². The molecule has 2 aromatic rings. The Morgan fingerprint density at radius 2 is 1.88 bits per heavy atom. The highest BCUT2D eigenvalue weighted by molar-refractivity contribution is 5.38. The average Bonchev–Trinajstić information content (AvgIpc) is 2.60. The minimum Gasteiger partial charge on any atom is -0.298 e. The number of aromatic nitrogens is 1. The van der Waals surface area contributed by atoms with E-state index in [4.69, 9.17) is 0 Å². The molecule has 1 aromatic heterocycles. The second-order valence-electron chi connectivity index (χ2n) is 6.36. The summed E-state index contributed by atoms with van der Waals surface area (Å²) in [5.41, 5.74) is 1.22. The number of rotatable bonds is 4. The SMILES string of the molecule is Cc1cccc(C(CN2CC=CCC2)c2ccccc2C(F)(F)F)n1. The molecular formula is C20H21F3N2. The molecule has 1 atom stereocenters. The Morgan fingerprint density at radius 1 is 1.08 bits per heavy atom. The van der Waals surface area contributed by atoms with Crippen molar-refractivity contribution in [2.24, 2.45) is 0 Å². The smallest absolute Gasteiger partial charge is 0.298 e. The van der Waals surface area contributed by atoms with Gasteiger partial charge in [-0.1, -0.05) is 36.4 Å². The molecule has 0 saturated carbocycles. The lowest BCUT2D eigenvalue weighted by molar-refractivity contribution is -0.138. The lowest BCUT2D eigenvalue weighted by Crippen LogP contribution is -2.33. The fourth-order valence-corrected chi connectivity index (χ4v) is 3.28. The highest BCUT2D eigenvalue weighted by Crippen LogP contribution is 2.37. The summed E-state index contributed by atoms with van der Waals surface area (Å²) in [7, 11) is 0. The lowest BCUT2D eigenvalue weighted by atomic mass is 9.89. The molecule has 0 fully saturated rings. The van der Waals surface area contributed by atoms with E-state index in [1.165, 1.54) is 6.07 Å². The second-order valence-corrected chi connectivity index (χ2v) is 6.36. The van der Waals surface area contributed by atoms with Crippen molar-refractivity contribution in [3.8, 4) is 0 Å². The van der Waals surface area contributed by atoms with Gasteiger partial charge in [-0.05, 0) is 37.1 Å². The van der Waals surface area contributed by atoms with Crippen LogP contribution in [0.3, 0.4) is 0 Å². The maximum atomic E-state index is 13.5. The van der Waals surface area contributed by atoms with E-state index in [1.807, 2.05) is 25.1 Å². The Hall–Kier alpha value is -2.14. The van der Waals surface area contributed by atoms with Crippen LogP contribution in [0.2, 0.25) is 0 Å². The highest BCUT2D eigenvalue weighted by Gasteiger charge is 2.36. The molecule has 1 aliphatic heterocycles. The molecule has 5 heteroatoms. The van der Waals surface area contributed by atoms with E-state index in [-0.39, 0.29) is 0 Å². The van der Waals surface area contributed by atoms with Crippen LogP contribution in [-0.2, 0) is 6.18 Å². The van der Waals surface area contributed by atoms with E-state index in [0.717, 1.165) is 31.3 Å². The van der Waals surface area contributed by atoms with Gasteiger partial charge in [-0.3, -0.25) is 9.88 Å². The molecule has 0 saturated heterocycles. The lowest BCUT2D eigenvalue weighted by Gasteiger charge is -2.29. The molecule has 1 unspecified atom stereocenters. The third-order valence-electron chi connectivity index (χ3n) is 4.49. The number of hydrogen-bond donors (Lipinski definition) is 0. The first-order valence-electron chi connectivity index (χ1n) is 8.42. The van der Waals surface area contributed by atoms with E-state index in [2.05, 4.69) is 22.0 Å². The Labute approximate surface area is 146 Å². The first-order valence-corrected chi connectivity index (χ1v) is 8.42. The van der Waals surface area contributed by atoms with Gasteiger partial charge in [0.2, 0.25) is 0 Å². The van der Waals surface area contributed by atoms with Crippen LogP contribution in [-0.4, -0.2) is 29.5 Å². The molecule has 0 bridgehead atoms. The van der Waals surface area contributed by atoms with Crippen LogP contribution in [0.15, 0.2) is 54.6 Å². The van der Waals surface area contributed by atoms with Crippen LogP contribution in [0, 0.1) is 6.92 Å². The standard InChI is InChI=1S/C20H21F3N2/c1-15-8-7-11-19(24-15)17(14-25-12-5-2-6-13-25)16-9-3-4-10-18(16)20(21,22)23/h2-5,7-11,17H,6,12-14H2,1H3. The number of nitrogens with zero attached hydrogens (tertiary/aromatic N) is 2. The first kappa shape index (κ1) is 17.7. The van der Waals surface area contributed by atoms with Gasteiger partial charge in [-0.15, -0.1) is 0 Å². The van der Waals surface area contributed by atoms with Gasteiger partial charge in [0.1, 0.15) is 0 Å². The number of halogens is 3. The molecule has 2 nitrogen and oxygen atoms in total. The molecule has 1 aliphatic rings. The zero-order chi connectivity index (χ0) is 17.9. The summed E-state index contributed by atoms with van der Waals surface area (Å²) in [6, 6.07) is 11.4. The van der Waals surface area contributed by atoms with E-state index in [9.17, 15) is 13.2 Å². The van der Waals surface area contributed by atoms with Crippen molar-refractivity contribution in [3.05, 3.63) is 77.1 Å². The van der Waals surface area contributed by atoms with Gasteiger partial charge in [0.25, 0.3) is 0 Å². The normalized spacial score (nSPS) is 16.8. The van der Waals surface area contributed by atoms with Crippen molar-refractivity contribution >= 4 is 0 Å². The van der Waals surface area contributed by atoms with E-state index in [1.54, 1.807) is 12.1 Å². The van der Waals surface area contributed by atoms with Crippen LogP contribution in [0.4, 0.5) is 13.2 Å². The highest BCUT2D eigenvalue weighted by atomic mass is 19.4. The molecule has 0 amide bonds. The predicted octanol–water partition coefficient (Wildman–Crippen LogP) is 4.80. The maximum Gasteiger partial charge on any atom is 0.416 e. The largest absolute Gasteiger partial charge is 0.416 e. The van der Waals surface area contributed by atoms with Crippen LogP contribution < -0.4 is 0 Å². The second kappa shape index (κ2) is 7.40. The Kier molecular flexibility index (Phi) is 5.23.